The number of rotatable bonds is 4. The van der Waals surface area contributed by atoms with Crippen molar-refractivity contribution in [2.45, 2.75) is 4.90 Å². The van der Waals surface area contributed by atoms with Crippen molar-refractivity contribution in [3.05, 3.63) is 65.7 Å². The van der Waals surface area contributed by atoms with Crippen LogP contribution in [0.3, 0.4) is 0 Å². The van der Waals surface area contributed by atoms with Crippen LogP contribution in [-0.2, 0) is 10.0 Å². The van der Waals surface area contributed by atoms with Gasteiger partial charge in [-0.15, -0.1) is 12.4 Å². The zero-order valence-corrected chi connectivity index (χ0v) is 17.4. The van der Waals surface area contributed by atoms with Gasteiger partial charge in [0, 0.05) is 47.7 Å². The molecular weight excluding hydrogens is 417 g/mol. The lowest BCUT2D eigenvalue weighted by atomic mass is 10.1. The van der Waals surface area contributed by atoms with Gasteiger partial charge in [0.05, 0.1) is 10.6 Å². The number of hydrogen-bond acceptors (Lipinski definition) is 4. The summed E-state index contributed by atoms with van der Waals surface area (Å²) in [6, 6.07) is 17.9. The van der Waals surface area contributed by atoms with E-state index in [2.05, 4.69) is 14.9 Å². The smallest absolute Gasteiger partial charge is 0.262 e. The Kier molecular flexibility index (Phi) is 6.35. The summed E-state index contributed by atoms with van der Waals surface area (Å²) in [4.78, 5) is 2.55. The maximum atomic E-state index is 13.0. The Bertz CT molecular complexity index is 1080. The minimum Gasteiger partial charge on any atom is -0.368 e. The molecule has 0 amide bonds. The molecule has 1 aliphatic heterocycles. The first-order valence-electron chi connectivity index (χ1n) is 8.80. The molecule has 1 saturated heterocycles. The number of nitrogens with one attached hydrogen (secondary N) is 2. The summed E-state index contributed by atoms with van der Waals surface area (Å²) in [5.74, 6) is 0. The van der Waals surface area contributed by atoms with Gasteiger partial charge in [0.1, 0.15) is 0 Å². The topological polar surface area (TPSA) is 61.4 Å². The van der Waals surface area contributed by atoms with Gasteiger partial charge in [-0.25, -0.2) is 8.42 Å². The van der Waals surface area contributed by atoms with Gasteiger partial charge in [0.2, 0.25) is 0 Å². The number of halogens is 2. The standard InChI is InChI=1S/C20H20ClN3O2S.ClH/c21-15-4-3-5-16(14-15)23-27(25,26)20-9-8-19(24-12-10-22-11-13-24)17-6-1-2-7-18(17)20;/h1-9,14,22-23H,10-13H2;1H. The molecule has 5 nitrogen and oxygen atoms in total. The van der Waals surface area contributed by atoms with E-state index in [1.165, 1.54) is 0 Å². The number of sulfonamides is 1. The van der Waals surface area contributed by atoms with E-state index < -0.39 is 10.0 Å². The zero-order chi connectivity index (χ0) is 18.9. The van der Waals surface area contributed by atoms with Crippen LogP contribution < -0.4 is 14.9 Å². The van der Waals surface area contributed by atoms with Gasteiger partial charge in [-0.1, -0.05) is 41.9 Å². The predicted octanol–water partition coefficient (Wildman–Crippen LogP) is 4.13. The lowest BCUT2D eigenvalue weighted by molar-refractivity contribution is 0.590. The first kappa shape index (κ1) is 20.7. The van der Waals surface area contributed by atoms with Gasteiger partial charge in [-0.3, -0.25) is 4.72 Å². The van der Waals surface area contributed by atoms with Crippen molar-refractivity contribution >= 4 is 56.2 Å². The number of nitrogens with zero attached hydrogens (tertiary/aromatic N) is 1. The lowest BCUT2D eigenvalue weighted by Gasteiger charge is -2.30. The van der Waals surface area contributed by atoms with E-state index in [0.717, 1.165) is 37.3 Å². The van der Waals surface area contributed by atoms with Gasteiger partial charge < -0.3 is 10.2 Å². The monoisotopic (exact) mass is 437 g/mol. The highest BCUT2D eigenvalue weighted by Gasteiger charge is 2.21. The van der Waals surface area contributed by atoms with E-state index in [4.69, 9.17) is 11.6 Å². The van der Waals surface area contributed by atoms with Crippen LogP contribution >= 0.6 is 24.0 Å². The Balaban J connectivity index is 0.00000225. The molecular formula is C20H21Cl2N3O2S. The second kappa shape index (κ2) is 8.57. The molecule has 4 rings (SSSR count). The van der Waals surface area contributed by atoms with E-state index in [9.17, 15) is 8.42 Å². The molecule has 3 aromatic carbocycles. The second-order valence-electron chi connectivity index (χ2n) is 6.48. The molecule has 1 aliphatic rings. The zero-order valence-electron chi connectivity index (χ0n) is 15.1. The van der Waals surface area contributed by atoms with Crippen LogP contribution in [0, 0.1) is 0 Å². The summed E-state index contributed by atoms with van der Waals surface area (Å²) in [6.07, 6.45) is 0. The van der Waals surface area contributed by atoms with Crippen LogP contribution in [0.1, 0.15) is 0 Å². The van der Waals surface area contributed by atoms with Crippen molar-refractivity contribution in [2.24, 2.45) is 0 Å². The second-order valence-corrected chi connectivity index (χ2v) is 8.57. The first-order valence-corrected chi connectivity index (χ1v) is 10.7. The fourth-order valence-electron chi connectivity index (χ4n) is 3.43. The molecule has 0 aromatic heterocycles. The third kappa shape index (κ3) is 4.20. The minimum atomic E-state index is -3.74. The number of benzene rings is 3. The van der Waals surface area contributed by atoms with E-state index >= 15 is 0 Å². The molecule has 0 bridgehead atoms. The minimum absolute atomic E-state index is 0. The summed E-state index contributed by atoms with van der Waals surface area (Å²) in [7, 11) is -3.74. The molecule has 1 heterocycles. The van der Waals surface area contributed by atoms with Crippen molar-refractivity contribution < 1.29 is 8.42 Å². The summed E-state index contributed by atoms with van der Waals surface area (Å²) in [6.45, 7) is 3.64. The molecule has 0 unspecified atom stereocenters. The van der Waals surface area contributed by atoms with Gasteiger partial charge >= 0.3 is 0 Å². The number of hydrogen-bond donors (Lipinski definition) is 2. The van der Waals surface area contributed by atoms with Gasteiger partial charge in [-0.2, -0.15) is 0 Å². The van der Waals surface area contributed by atoms with E-state index in [1.807, 2.05) is 30.3 Å². The van der Waals surface area contributed by atoms with Crippen LogP contribution in [0.25, 0.3) is 10.8 Å². The summed E-state index contributed by atoms with van der Waals surface area (Å²) in [5, 5.41) is 5.47. The average Bonchev–Trinajstić information content (AvgIpc) is 2.67. The third-order valence-corrected chi connectivity index (χ3v) is 6.36. The molecule has 28 heavy (non-hydrogen) atoms. The maximum absolute atomic E-state index is 13.0. The molecule has 0 spiro atoms. The van der Waals surface area contributed by atoms with E-state index in [1.54, 1.807) is 30.3 Å². The molecule has 0 saturated carbocycles. The van der Waals surface area contributed by atoms with Crippen LogP contribution in [0.5, 0.6) is 0 Å². The normalized spacial score (nSPS) is 14.5. The van der Waals surface area contributed by atoms with Crippen molar-refractivity contribution in [1.82, 2.24) is 5.32 Å². The molecule has 0 atom stereocenters. The number of fused-ring (bicyclic) bond motifs is 1. The quantitative estimate of drug-likeness (QED) is 0.643. The van der Waals surface area contributed by atoms with Crippen molar-refractivity contribution in [3.63, 3.8) is 0 Å². The molecule has 8 heteroatoms. The van der Waals surface area contributed by atoms with Gasteiger partial charge in [0.15, 0.2) is 0 Å². The lowest BCUT2D eigenvalue weighted by Crippen LogP contribution is -2.43. The van der Waals surface area contributed by atoms with Gasteiger partial charge in [0.25, 0.3) is 10.0 Å². The van der Waals surface area contributed by atoms with Crippen molar-refractivity contribution in [1.29, 1.82) is 0 Å². The molecule has 148 valence electrons. The van der Waals surface area contributed by atoms with Crippen LogP contribution in [-0.4, -0.2) is 34.6 Å². The van der Waals surface area contributed by atoms with Crippen molar-refractivity contribution in [2.75, 3.05) is 35.8 Å². The fourth-order valence-corrected chi connectivity index (χ4v) is 4.89. The summed E-state index contributed by atoms with van der Waals surface area (Å²) >= 11 is 5.98. The average molecular weight is 438 g/mol. The highest BCUT2D eigenvalue weighted by atomic mass is 35.5. The fraction of sp³-hybridized carbons (Fsp3) is 0.200. The predicted molar refractivity (Wildman–Crippen MR) is 119 cm³/mol. The van der Waals surface area contributed by atoms with Crippen molar-refractivity contribution in [3.8, 4) is 0 Å². The van der Waals surface area contributed by atoms with Crippen LogP contribution in [0.15, 0.2) is 65.6 Å². The maximum Gasteiger partial charge on any atom is 0.262 e. The van der Waals surface area contributed by atoms with E-state index in [-0.39, 0.29) is 17.3 Å². The highest BCUT2D eigenvalue weighted by Crippen LogP contribution is 2.33. The first-order chi connectivity index (χ1) is 13.0. The Hall–Kier alpha value is -1.99. The van der Waals surface area contributed by atoms with Gasteiger partial charge in [-0.05, 0) is 30.3 Å². The SMILES string of the molecule is Cl.O=S(=O)(Nc1cccc(Cl)c1)c1ccc(N2CCNCC2)c2ccccc12. The third-order valence-electron chi connectivity index (χ3n) is 4.69. The molecule has 1 fully saturated rings. The molecule has 0 radical (unpaired) electrons. The van der Waals surface area contributed by atoms with Crippen LogP contribution in [0.4, 0.5) is 11.4 Å². The Morgan fingerprint density at radius 1 is 0.929 bits per heavy atom. The summed E-state index contributed by atoms with van der Waals surface area (Å²) in [5.41, 5.74) is 1.51. The number of anilines is 2. The Morgan fingerprint density at radius 3 is 2.36 bits per heavy atom. The van der Waals surface area contributed by atoms with Crippen LogP contribution in [0.2, 0.25) is 5.02 Å². The highest BCUT2D eigenvalue weighted by molar-refractivity contribution is 7.93. The molecule has 3 aromatic rings. The van der Waals surface area contributed by atoms with E-state index in [0.29, 0.717) is 16.1 Å². The Morgan fingerprint density at radius 2 is 1.64 bits per heavy atom. The molecule has 0 aliphatic carbocycles. The summed E-state index contributed by atoms with van der Waals surface area (Å²) < 4.78 is 28.7. The molecule has 2 N–H and O–H groups in total. The Labute approximate surface area is 176 Å². The number of piperazine rings is 1. The largest absolute Gasteiger partial charge is 0.368 e.